The molecule has 1 fully saturated rings. The molecule has 2 heteroatoms. The number of methoxy groups -OCH3 is 1. The average molecular weight is 208 g/mol. The molecule has 0 amide bonds. The first-order valence-electron chi connectivity index (χ1n) is 5.74. The number of hydrogen-bond donors (Lipinski definition) is 0. The van der Waals surface area contributed by atoms with Gasteiger partial charge in [-0.1, -0.05) is 30.7 Å². The molecule has 0 heterocycles. The van der Waals surface area contributed by atoms with Crippen LogP contribution >= 0.6 is 0 Å². The summed E-state index contributed by atoms with van der Waals surface area (Å²) in [7, 11) is 1.68. The van der Waals surface area contributed by atoms with Crippen LogP contribution in [0.4, 0.5) is 0 Å². The van der Waals surface area contributed by atoms with Crippen LogP contribution in [0.1, 0.15) is 32.6 Å². The molecule has 2 atom stereocenters. The van der Waals surface area contributed by atoms with Crippen LogP contribution in [-0.2, 0) is 9.47 Å². The Bertz CT molecular complexity index is 280. The Morgan fingerprint density at radius 1 is 1.53 bits per heavy atom. The maximum absolute atomic E-state index is 5.81. The van der Waals surface area contributed by atoms with Gasteiger partial charge in [0.05, 0.1) is 6.10 Å². The summed E-state index contributed by atoms with van der Waals surface area (Å²) in [5.41, 5.74) is 1.77. The molecule has 0 spiro atoms. The predicted molar refractivity (Wildman–Crippen MR) is 60.5 cm³/mol. The van der Waals surface area contributed by atoms with Crippen molar-refractivity contribution in [3.63, 3.8) is 0 Å². The highest BCUT2D eigenvalue weighted by Gasteiger charge is 2.40. The Labute approximate surface area is 92.0 Å². The maximum atomic E-state index is 5.81. The first kappa shape index (κ1) is 10.9. The highest BCUT2D eigenvalue weighted by molar-refractivity contribution is 5.28. The molecule has 0 bridgehead atoms. The van der Waals surface area contributed by atoms with E-state index in [1.807, 2.05) is 0 Å². The second kappa shape index (κ2) is 4.50. The largest absolute Gasteiger partial charge is 0.359 e. The minimum absolute atomic E-state index is 0.214. The number of rotatable bonds is 3. The summed E-state index contributed by atoms with van der Waals surface area (Å²) in [4.78, 5) is 0. The van der Waals surface area contributed by atoms with Crippen molar-refractivity contribution in [2.45, 2.75) is 38.7 Å². The summed E-state index contributed by atoms with van der Waals surface area (Å²) >= 11 is 0. The molecule has 0 aromatic carbocycles. The van der Waals surface area contributed by atoms with Gasteiger partial charge in [-0.25, -0.2) is 0 Å². The fourth-order valence-electron chi connectivity index (χ4n) is 2.74. The van der Waals surface area contributed by atoms with E-state index in [-0.39, 0.29) is 5.41 Å². The van der Waals surface area contributed by atoms with Crippen LogP contribution in [0.15, 0.2) is 23.8 Å². The van der Waals surface area contributed by atoms with E-state index in [9.17, 15) is 0 Å². The first-order chi connectivity index (χ1) is 7.27. The molecular weight excluding hydrogens is 188 g/mol. The smallest absolute Gasteiger partial charge is 0.146 e. The molecule has 2 aliphatic rings. The van der Waals surface area contributed by atoms with Crippen LogP contribution in [0, 0.1) is 5.41 Å². The minimum atomic E-state index is 0.214. The molecule has 0 aromatic heterocycles. The lowest BCUT2D eigenvalue weighted by atomic mass is 9.66. The Balaban J connectivity index is 2.11. The zero-order chi connectivity index (χ0) is 10.7. The summed E-state index contributed by atoms with van der Waals surface area (Å²) in [6, 6.07) is 0. The third-order valence-corrected chi connectivity index (χ3v) is 3.72. The Morgan fingerprint density at radius 3 is 3.20 bits per heavy atom. The van der Waals surface area contributed by atoms with Gasteiger partial charge in [0, 0.05) is 12.5 Å². The van der Waals surface area contributed by atoms with E-state index in [2.05, 4.69) is 25.2 Å². The molecule has 1 saturated carbocycles. The molecule has 0 saturated heterocycles. The predicted octanol–water partition coefficient (Wildman–Crippen LogP) is 3.05. The number of allylic oxidation sites excluding steroid dienone is 3. The summed E-state index contributed by atoms with van der Waals surface area (Å²) < 4.78 is 10.8. The highest BCUT2D eigenvalue weighted by Crippen LogP contribution is 2.46. The van der Waals surface area contributed by atoms with Crippen molar-refractivity contribution >= 4 is 0 Å². The van der Waals surface area contributed by atoms with Crippen LogP contribution in [0.5, 0.6) is 0 Å². The fraction of sp³-hybridized carbons (Fsp3) is 0.692. The highest BCUT2D eigenvalue weighted by atomic mass is 16.7. The monoisotopic (exact) mass is 208 g/mol. The zero-order valence-corrected chi connectivity index (χ0v) is 9.66. The van der Waals surface area contributed by atoms with Gasteiger partial charge in [0.25, 0.3) is 0 Å². The zero-order valence-electron chi connectivity index (χ0n) is 9.66. The average Bonchev–Trinajstić information content (AvgIpc) is 2.26. The quantitative estimate of drug-likeness (QED) is 0.664. The topological polar surface area (TPSA) is 18.5 Å². The lowest BCUT2D eigenvalue weighted by Gasteiger charge is -2.44. The van der Waals surface area contributed by atoms with Crippen LogP contribution in [0.3, 0.4) is 0 Å². The molecule has 0 radical (unpaired) electrons. The second-order valence-corrected chi connectivity index (χ2v) is 4.70. The van der Waals surface area contributed by atoms with E-state index in [1.54, 1.807) is 12.7 Å². The molecule has 15 heavy (non-hydrogen) atoms. The van der Waals surface area contributed by atoms with Crippen LogP contribution in [0.2, 0.25) is 0 Å². The van der Waals surface area contributed by atoms with Gasteiger partial charge in [-0.3, -0.25) is 0 Å². The van der Waals surface area contributed by atoms with Crippen molar-refractivity contribution in [3.8, 4) is 0 Å². The van der Waals surface area contributed by atoms with Crippen LogP contribution < -0.4 is 0 Å². The third kappa shape index (κ3) is 2.01. The number of hydrogen-bond acceptors (Lipinski definition) is 2. The first-order valence-corrected chi connectivity index (χ1v) is 5.74. The van der Waals surface area contributed by atoms with Gasteiger partial charge < -0.3 is 9.47 Å². The van der Waals surface area contributed by atoms with E-state index in [4.69, 9.17) is 9.47 Å². The Morgan fingerprint density at radius 2 is 2.40 bits per heavy atom. The van der Waals surface area contributed by atoms with Crippen molar-refractivity contribution in [2.75, 3.05) is 13.9 Å². The van der Waals surface area contributed by atoms with Crippen molar-refractivity contribution in [1.29, 1.82) is 0 Å². The van der Waals surface area contributed by atoms with Crippen molar-refractivity contribution in [1.82, 2.24) is 0 Å². The van der Waals surface area contributed by atoms with Gasteiger partial charge in [0.1, 0.15) is 6.79 Å². The van der Waals surface area contributed by atoms with Crippen molar-refractivity contribution < 1.29 is 9.47 Å². The lowest BCUT2D eigenvalue weighted by Crippen LogP contribution is -2.40. The molecule has 2 aliphatic carbocycles. The Hall–Kier alpha value is -0.600. The van der Waals surface area contributed by atoms with E-state index < -0.39 is 0 Å². The maximum Gasteiger partial charge on any atom is 0.146 e. The van der Waals surface area contributed by atoms with Crippen LogP contribution in [-0.4, -0.2) is 20.0 Å². The fourth-order valence-corrected chi connectivity index (χ4v) is 2.74. The van der Waals surface area contributed by atoms with Gasteiger partial charge in [-0.2, -0.15) is 0 Å². The molecular formula is C13H20O2. The molecule has 2 nitrogen and oxygen atoms in total. The van der Waals surface area contributed by atoms with E-state index in [1.165, 1.54) is 12.8 Å². The van der Waals surface area contributed by atoms with Gasteiger partial charge in [0.15, 0.2) is 0 Å². The van der Waals surface area contributed by atoms with E-state index in [0.717, 1.165) is 12.8 Å². The second-order valence-electron chi connectivity index (χ2n) is 4.70. The van der Waals surface area contributed by atoms with E-state index in [0.29, 0.717) is 12.9 Å². The molecule has 0 N–H and O–H groups in total. The van der Waals surface area contributed by atoms with Crippen molar-refractivity contribution in [2.24, 2.45) is 5.41 Å². The molecule has 2 rings (SSSR count). The molecule has 0 unspecified atom stereocenters. The van der Waals surface area contributed by atoms with Gasteiger partial charge >= 0.3 is 0 Å². The van der Waals surface area contributed by atoms with Gasteiger partial charge in [0.2, 0.25) is 0 Å². The summed E-state index contributed by atoms with van der Waals surface area (Å²) in [5.74, 6) is 0. The van der Waals surface area contributed by atoms with Gasteiger partial charge in [-0.05, 0) is 25.7 Å². The SMILES string of the molecule is COCO[C@H]1CCCC2=CC=CC[C@@]21C. The number of ether oxygens (including phenoxy) is 2. The van der Waals surface area contributed by atoms with Gasteiger partial charge in [-0.15, -0.1) is 0 Å². The molecule has 0 aromatic rings. The third-order valence-electron chi connectivity index (χ3n) is 3.72. The number of fused-ring (bicyclic) bond motifs is 1. The van der Waals surface area contributed by atoms with E-state index >= 15 is 0 Å². The minimum Gasteiger partial charge on any atom is -0.359 e. The van der Waals surface area contributed by atoms with Crippen LogP contribution in [0.25, 0.3) is 0 Å². The molecule has 0 aliphatic heterocycles. The lowest BCUT2D eigenvalue weighted by molar-refractivity contribution is -0.115. The summed E-state index contributed by atoms with van der Waals surface area (Å²) in [5, 5.41) is 0. The Kier molecular flexibility index (Phi) is 3.27. The standard InChI is InChI=1S/C13H20O2/c1-13-9-4-3-6-11(13)7-5-8-12(13)15-10-14-2/h3-4,6,12H,5,7-10H2,1-2H3/t12-,13-/m0/s1. The normalized spacial score (nSPS) is 34.8. The van der Waals surface area contributed by atoms with Crippen molar-refractivity contribution in [3.05, 3.63) is 23.8 Å². The summed E-state index contributed by atoms with van der Waals surface area (Å²) in [6.45, 7) is 2.74. The summed E-state index contributed by atoms with van der Waals surface area (Å²) in [6.07, 6.45) is 11.7. The molecule has 84 valence electrons.